The monoisotopic (exact) mass is 219 g/mol. The minimum atomic E-state index is -0.435. The van der Waals surface area contributed by atoms with E-state index >= 15 is 0 Å². The van der Waals surface area contributed by atoms with Crippen LogP contribution >= 0.6 is 0 Å². The number of ether oxygens (including phenoxy) is 1. The number of amides is 2. The number of urea groups is 1. The van der Waals surface area contributed by atoms with E-state index in [1.807, 2.05) is 31.2 Å². The Kier molecular flexibility index (Phi) is 2.76. The van der Waals surface area contributed by atoms with Crippen molar-refractivity contribution in [3.05, 3.63) is 29.8 Å². The maximum Gasteiger partial charge on any atom is 0.321 e. The molecule has 5 nitrogen and oxygen atoms in total. The van der Waals surface area contributed by atoms with Crippen LogP contribution < -0.4 is 15.4 Å². The first-order valence-electron chi connectivity index (χ1n) is 5.10. The number of hydrogen-bond acceptors (Lipinski definition) is 3. The number of amidine groups is 1. The van der Waals surface area contributed by atoms with Crippen molar-refractivity contribution < 1.29 is 9.53 Å². The van der Waals surface area contributed by atoms with E-state index in [-0.39, 0.29) is 11.9 Å². The van der Waals surface area contributed by atoms with Crippen LogP contribution in [0.5, 0.6) is 5.75 Å². The molecular formula is C11H13N3O2. The standard InChI is InChI=1S/C11H13N3O2/c1-2-16-8-6-4-3-5-7(8)9-10(12)14-11(15)13-9/h3-6,9H,2H2,1H3,(H3,12,13,14,15). The van der Waals surface area contributed by atoms with Gasteiger partial charge in [-0.2, -0.15) is 0 Å². The third-order valence-corrected chi connectivity index (χ3v) is 2.34. The zero-order valence-electron chi connectivity index (χ0n) is 8.91. The van der Waals surface area contributed by atoms with Gasteiger partial charge < -0.3 is 10.1 Å². The van der Waals surface area contributed by atoms with Crippen molar-refractivity contribution in [1.82, 2.24) is 10.6 Å². The fourth-order valence-electron chi connectivity index (χ4n) is 1.67. The molecule has 0 radical (unpaired) electrons. The van der Waals surface area contributed by atoms with Crippen molar-refractivity contribution in [2.45, 2.75) is 13.0 Å². The minimum Gasteiger partial charge on any atom is -0.494 e. The summed E-state index contributed by atoms with van der Waals surface area (Å²) in [4.78, 5) is 11.1. The molecule has 0 aliphatic carbocycles. The first-order chi connectivity index (χ1) is 7.72. The van der Waals surface area contributed by atoms with Gasteiger partial charge in [-0.15, -0.1) is 0 Å². The third kappa shape index (κ3) is 1.84. The van der Waals surface area contributed by atoms with Crippen LogP contribution in [0.3, 0.4) is 0 Å². The van der Waals surface area contributed by atoms with E-state index in [1.165, 1.54) is 0 Å². The van der Waals surface area contributed by atoms with Crippen molar-refractivity contribution in [2.24, 2.45) is 0 Å². The summed E-state index contributed by atoms with van der Waals surface area (Å²) < 4.78 is 5.46. The molecule has 0 spiro atoms. The molecule has 1 unspecified atom stereocenters. The van der Waals surface area contributed by atoms with Gasteiger partial charge in [0.25, 0.3) is 0 Å². The van der Waals surface area contributed by atoms with Crippen molar-refractivity contribution in [3.63, 3.8) is 0 Å². The summed E-state index contributed by atoms with van der Waals surface area (Å²) in [6, 6.07) is 6.61. The molecule has 0 aromatic heterocycles. The topological polar surface area (TPSA) is 74.2 Å². The Balaban J connectivity index is 2.32. The number of hydrogen-bond donors (Lipinski definition) is 3. The Morgan fingerprint density at radius 2 is 2.19 bits per heavy atom. The molecule has 1 aromatic rings. The highest BCUT2D eigenvalue weighted by molar-refractivity contribution is 6.06. The highest BCUT2D eigenvalue weighted by Crippen LogP contribution is 2.26. The average molecular weight is 219 g/mol. The van der Waals surface area contributed by atoms with Crippen LogP contribution in [0.2, 0.25) is 0 Å². The molecule has 1 aliphatic heterocycles. The Hall–Kier alpha value is -2.04. The third-order valence-electron chi connectivity index (χ3n) is 2.34. The number of carbonyl (C=O) groups is 1. The molecule has 0 bridgehead atoms. The van der Waals surface area contributed by atoms with Crippen molar-refractivity contribution in [1.29, 1.82) is 5.41 Å². The Morgan fingerprint density at radius 1 is 1.44 bits per heavy atom. The maximum absolute atomic E-state index is 11.1. The molecule has 1 aromatic carbocycles. The van der Waals surface area contributed by atoms with Gasteiger partial charge in [0.05, 0.1) is 6.61 Å². The van der Waals surface area contributed by atoms with Gasteiger partial charge in [-0.25, -0.2) is 4.79 Å². The van der Waals surface area contributed by atoms with Gasteiger partial charge in [-0.1, -0.05) is 18.2 Å². The normalized spacial score (nSPS) is 19.2. The van der Waals surface area contributed by atoms with Crippen LogP contribution in [0.25, 0.3) is 0 Å². The van der Waals surface area contributed by atoms with E-state index in [1.54, 1.807) is 0 Å². The molecule has 1 saturated heterocycles. The lowest BCUT2D eigenvalue weighted by Gasteiger charge is -2.14. The summed E-state index contributed by atoms with van der Waals surface area (Å²) in [6.07, 6.45) is 0. The minimum absolute atomic E-state index is 0.150. The zero-order chi connectivity index (χ0) is 11.5. The SMILES string of the molecule is CCOc1ccccc1C1NC(=O)NC1=N. The molecule has 5 heteroatoms. The first kappa shape index (κ1) is 10.5. The van der Waals surface area contributed by atoms with Crippen LogP contribution in [0.15, 0.2) is 24.3 Å². The molecule has 3 N–H and O–H groups in total. The molecular weight excluding hydrogens is 206 g/mol. The van der Waals surface area contributed by atoms with Crippen LogP contribution in [0.1, 0.15) is 18.5 Å². The lowest BCUT2D eigenvalue weighted by atomic mass is 10.1. The average Bonchev–Trinajstić information content (AvgIpc) is 2.59. The molecule has 2 rings (SSSR count). The quantitative estimate of drug-likeness (QED) is 0.719. The van der Waals surface area contributed by atoms with Crippen LogP contribution in [0.4, 0.5) is 4.79 Å². The van der Waals surface area contributed by atoms with Gasteiger partial charge in [0.15, 0.2) is 0 Å². The second-order valence-electron chi connectivity index (χ2n) is 3.42. The summed E-state index contributed by atoms with van der Waals surface area (Å²) >= 11 is 0. The van der Waals surface area contributed by atoms with E-state index < -0.39 is 6.04 Å². The predicted molar refractivity (Wildman–Crippen MR) is 59.7 cm³/mol. The van der Waals surface area contributed by atoms with Gasteiger partial charge in [-0.05, 0) is 13.0 Å². The summed E-state index contributed by atoms with van der Waals surface area (Å²) in [5.74, 6) is 0.848. The molecule has 0 saturated carbocycles. The lowest BCUT2D eigenvalue weighted by Crippen LogP contribution is -2.22. The van der Waals surface area contributed by atoms with Gasteiger partial charge in [0.2, 0.25) is 0 Å². The Bertz CT molecular complexity index is 431. The van der Waals surface area contributed by atoms with E-state index in [9.17, 15) is 4.79 Å². The lowest BCUT2D eigenvalue weighted by molar-refractivity contribution is 0.248. The molecule has 84 valence electrons. The van der Waals surface area contributed by atoms with Crippen molar-refractivity contribution >= 4 is 11.9 Å². The maximum atomic E-state index is 11.1. The van der Waals surface area contributed by atoms with E-state index in [0.29, 0.717) is 12.4 Å². The van der Waals surface area contributed by atoms with Gasteiger partial charge in [-0.3, -0.25) is 10.7 Å². The predicted octanol–water partition coefficient (Wildman–Crippen LogP) is 1.42. The van der Waals surface area contributed by atoms with Crippen LogP contribution in [0, 0.1) is 5.41 Å². The van der Waals surface area contributed by atoms with Gasteiger partial charge in [0, 0.05) is 5.56 Å². The molecule has 1 atom stereocenters. The van der Waals surface area contributed by atoms with E-state index in [2.05, 4.69) is 10.6 Å². The number of para-hydroxylation sites is 1. The summed E-state index contributed by atoms with van der Waals surface area (Å²) in [6.45, 7) is 2.45. The van der Waals surface area contributed by atoms with Gasteiger partial charge >= 0.3 is 6.03 Å². The van der Waals surface area contributed by atoms with Crippen LogP contribution in [-0.2, 0) is 0 Å². The Labute approximate surface area is 93.3 Å². The fraction of sp³-hybridized carbons (Fsp3) is 0.273. The fourth-order valence-corrected chi connectivity index (χ4v) is 1.67. The summed E-state index contributed by atoms with van der Waals surface area (Å²) in [5.41, 5.74) is 0.799. The van der Waals surface area contributed by atoms with Crippen molar-refractivity contribution in [3.8, 4) is 5.75 Å². The Morgan fingerprint density at radius 3 is 2.81 bits per heavy atom. The van der Waals surface area contributed by atoms with Crippen molar-refractivity contribution in [2.75, 3.05) is 6.61 Å². The second-order valence-corrected chi connectivity index (χ2v) is 3.42. The number of benzene rings is 1. The molecule has 1 aliphatic rings. The summed E-state index contributed by atoms with van der Waals surface area (Å²) in [5, 5.41) is 12.7. The first-order valence-corrected chi connectivity index (χ1v) is 5.10. The smallest absolute Gasteiger partial charge is 0.321 e. The van der Waals surface area contributed by atoms with Crippen LogP contribution in [-0.4, -0.2) is 18.5 Å². The highest BCUT2D eigenvalue weighted by Gasteiger charge is 2.29. The molecule has 16 heavy (non-hydrogen) atoms. The van der Waals surface area contributed by atoms with E-state index in [4.69, 9.17) is 10.1 Å². The number of carbonyl (C=O) groups excluding carboxylic acids is 1. The largest absolute Gasteiger partial charge is 0.494 e. The van der Waals surface area contributed by atoms with E-state index in [0.717, 1.165) is 5.56 Å². The molecule has 2 amide bonds. The summed E-state index contributed by atoms with van der Waals surface area (Å²) in [7, 11) is 0. The molecule has 1 fully saturated rings. The zero-order valence-corrected chi connectivity index (χ0v) is 8.91. The second kappa shape index (κ2) is 4.22. The molecule has 1 heterocycles. The highest BCUT2D eigenvalue weighted by atomic mass is 16.5. The van der Waals surface area contributed by atoms with Gasteiger partial charge in [0.1, 0.15) is 17.6 Å². The number of rotatable bonds is 3. The number of nitrogens with one attached hydrogen (secondary N) is 3.